The molecule has 34 heavy (non-hydrogen) atoms. The van der Waals surface area contributed by atoms with Gasteiger partial charge in [0.2, 0.25) is 0 Å². The highest BCUT2D eigenvalue weighted by Crippen LogP contribution is 2.53. The predicted molar refractivity (Wildman–Crippen MR) is 138 cm³/mol. The second kappa shape index (κ2) is 10.4. The Bertz CT molecular complexity index is 1100. The number of alkyl halides is 1. The Morgan fingerprint density at radius 2 is 1.82 bits per heavy atom. The molecule has 0 bridgehead atoms. The van der Waals surface area contributed by atoms with Crippen molar-refractivity contribution in [3.05, 3.63) is 94.0 Å². The van der Waals surface area contributed by atoms with Crippen LogP contribution in [0.25, 0.3) is 0 Å². The maximum atomic E-state index is 12.5. The molecule has 1 aliphatic heterocycles. The van der Waals surface area contributed by atoms with Gasteiger partial charge >= 0.3 is 0 Å². The molecule has 0 amide bonds. The summed E-state index contributed by atoms with van der Waals surface area (Å²) >= 11 is 6.18. The molecule has 178 valence electrons. The van der Waals surface area contributed by atoms with Gasteiger partial charge in [0, 0.05) is 35.1 Å². The average molecular weight is 479 g/mol. The Balaban J connectivity index is 1.26. The van der Waals surface area contributed by atoms with Gasteiger partial charge in [-0.15, -0.1) is 0 Å². The zero-order chi connectivity index (χ0) is 23.4. The first-order chi connectivity index (χ1) is 16.7. The van der Waals surface area contributed by atoms with Crippen molar-refractivity contribution in [3.8, 4) is 5.75 Å². The molecule has 0 spiro atoms. The Labute approximate surface area is 206 Å². The van der Waals surface area contributed by atoms with Crippen LogP contribution in [0, 0.1) is 0 Å². The first-order valence-electron chi connectivity index (χ1n) is 12.3. The van der Waals surface area contributed by atoms with E-state index in [1.807, 2.05) is 36.4 Å². The maximum absolute atomic E-state index is 12.5. The van der Waals surface area contributed by atoms with E-state index < -0.39 is 0 Å². The fraction of sp³-hybridized carbons (Fsp3) is 0.379. The highest BCUT2D eigenvalue weighted by molar-refractivity contribution is 6.30. The molecule has 0 saturated heterocycles. The van der Waals surface area contributed by atoms with Gasteiger partial charge in [-0.2, -0.15) is 0 Å². The zero-order valence-corrected chi connectivity index (χ0v) is 20.2. The lowest BCUT2D eigenvalue weighted by atomic mass is 9.58. The smallest absolute Gasteiger partial charge is 0.119 e. The molecule has 2 N–H and O–H groups in total. The third-order valence-electron chi connectivity index (χ3n) is 7.43. The molecule has 5 rings (SSSR count). The van der Waals surface area contributed by atoms with Crippen LogP contribution in [0.15, 0.2) is 66.7 Å². The van der Waals surface area contributed by atoms with Gasteiger partial charge in [0.25, 0.3) is 0 Å². The van der Waals surface area contributed by atoms with Crippen LogP contribution in [0.1, 0.15) is 47.6 Å². The summed E-state index contributed by atoms with van der Waals surface area (Å²) in [6.07, 6.45) is 5.14. The summed E-state index contributed by atoms with van der Waals surface area (Å²) in [5.41, 5.74) is 6.33. The van der Waals surface area contributed by atoms with Gasteiger partial charge in [-0.25, -0.2) is 0 Å². The molecule has 2 aliphatic rings. The van der Waals surface area contributed by atoms with Crippen LogP contribution in [0.5, 0.6) is 5.75 Å². The van der Waals surface area contributed by atoms with Gasteiger partial charge in [0.05, 0.1) is 6.67 Å². The molecule has 1 aliphatic carbocycles. The highest BCUT2D eigenvalue weighted by atomic mass is 35.5. The summed E-state index contributed by atoms with van der Waals surface area (Å²) in [5.74, 6) is 0.915. The molecule has 1 unspecified atom stereocenters. The van der Waals surface area contributed by atoms with Gasteiger partial charge in [0.15, 0.2) is 0 Å². The van der Waals surface area contributed by atoms with Crippen molar-refractivity contribution in [3.63, 3.8) is 0 Å². The number of benzene rings is 3. The van der Waals surface area contributed by atoms with Crippen LogP contribution in [-0.4, -0.2) is 26.4 Å². The van der Waals surface area contributed by atoms with Crippen LogP contribution < -0.4 is 15.4 Å². The second-order valence-electron chi connectivity index (χ2n) is 9.43. The molecular weight excluding hydrogens is 447 g/mol. The maximum Gasteiger partial charge on any atom is 0.119 e. The van der Waals surface area contributed by atoms with Crippen LogP contribution in [-0.2, 0) is 18.3 Å². The predicted octanol–water partition coefficient (Wildman–Crippen LogP) is 6.65. The van der Waals surface area contributed by atoms with E-state index in [4.69, 9.17) is 16.3 Å². The number of hydrogen-bond acceptors (Lipinski definition) is 3. The topological polar surface area (TPSA) is 33.3 Å². The second-order valence-corrected chi connectivity index (χ2v) is 9.86. The number of ether oxygens (including phenoxy) is 1. The SMILES string of the molecule is FCCc1ccc(NCCOc2ccc3c(c2)C(C2(c4ccc(Cl)cc4)CCC2)NCC3)cc1. The highest BCUT2D eigenvalue weighted by Gasteiger charge is 2.47. The van der Waals surface area contributed by atoms with Gasteiger partial charge < -0.3 is 15.4 Å². The summed E-state index contributed by atoms with van der Waals surface area (Å²) in [6.45, 7) is 1.96. The molecular formula is C29H32ClFN2O. The minimum Gasteiger partial charge on any atom is -0.492 e. The van der Waals surface area contributed by atoms with Crippen molar-refractivity contribution in [2.45, 2.75) is 43.6 Å². The van der Waals surface area contributed by atoms with Crippen LogP contribution in [0.4, 0.5) is 10.1 Å². The van der Waals surface area contributed by atoms with Crippen molar-refractivity contribution < 1.29 is 9.13 Å². The molecule has 0 aromatic heterocycles. The Morgan fingerprint density at radius 1 is 1.03 bits per heavy atom. The van der Waals surface area contributed by atoms with E-state index in [1.54, 1.807) is 0 Å². The molecule has 0 radical (unpaired) electrons. The zero-order valence-electron chi connectivity index (χ0n) is 19.5. The third-order valence-corrected chi connectivity index (χ3v) is 7.68. The van der Waals surface area contributed by atoms with E-state index in [9.17, 15) is 4.39 Å². The molecule has 1 heterocycles. The Hall–Kier alpha value is -2.56. The summed E-state index contributed by atoms with van der Waals surface area (Å²) in [4.78, 5) is 0. The minimum absolute atomic E-state index is 0.119. The van der Waals surface area contributed by atoms with Crippen molar-refractivity contribution in [2.24, 2.45) is 0 Å². The quantitative estimate of drug-likeness (QED) is 0.338. The molecule has 3 nitrogen and oxygen atoms in total. The van der Waals surface area contributed by atoms with E-state index in [2.05, 4.69) is 41.0 Å². The molecule has 3 aromatic carbocycles. The normalized spacial score (nSPS) is 18.6. The number of halogens is 2. The molecule has 1 saturated carbocycles. The Kier molecular flexibility index (Phi) is 7.07. The first-order valence-corrected chi connectivity index (χ1v) is 12.7. The van der Waals surface area contributed by atoms with Crippen molar-refractivity contribution in [1.29, 1.82) is 0 Å². The van der Waals surface area contributed by atoms with Crippen LogP contribution in [0.2, 0.25) is 5.02 Å². The van der Waals surface area contributed by atoms with Gasteiger partial charge in [-0.05, 0) is 84.5 Å². The fourth-order valence-electron chi connectivity index (χ4n) is 5.46. The van der Waals surface area contributed by atoms with E-state index in [0.29, 0.717) is 19.6 Å². The number of nitrogens with one attached hydrogen (secondary N) is 2. The van der Waals surface area contributed by atoms with Gasteiger partial charge in [0.1, 0.15) is 12.4 Å². The number of aryl methyl sites for hydroxylation is 1. The van der Waals surface area contributed by atoms with Crippen LogP contribution in [0.3, 0.4) is 0 Å². The molecule has 5 heteroatoms. The number of rotatable bonds is 9. The third kappa shape index (κ3) is 4.80. The largest absolute Gasteiger partial charge is 0.492 e. The molecule has 1 atom stereocenters. The lowest BCUT2D eigenvalue weighted by Gasteiger charge is -2.50. The summed E-state index contributed by atoms with van der Waals surface area (Å²) in [7, 11) is 0. The van der Waals surface area contributed by atoms with Crippen molar-refractivity contribution >= 4 is 17.3 Å². The van der Waals surface area contributed by atoms with E-state index in [-0.39, 0.29) is 18.1 Å². The lowest BCUT2D eigenvalue weighted by molar-refractivity contribution is 0.164. The van der Waals surface area contributed by atoms with E-state index in [0.717, 1.165) is 35.0 Å². The lowest BCUT2D eigenvalue weighted by Crippen LogP contribution is -2.49. The molecule has 3 aromatic rings. The van der Waals surface area contributed by atoms with Gasteiger partial charge in [-0.1, -0.05) is 48.4 Å². The number of hydrogen-bond donors (Lipinski definition) is 2. The minimum atomic E-state index is -0.321. The van der Waals surface area contributed by atoms with Crippen molar-refractivity contribution in [2.75, 3.05) is 31.7 Å². The van der Waals surface area contributed by atoms with Crippen molar-refractivity contribution in [1.82, 2.24) is 5.32 Å². The van der Waals surface area contributed by atoms with E-state index >= 15 is 0 Å². The number of anilines is 1. The fourth-order valence-corrected chi connectivity index (χ4v) is 5.59. The number of fused-ring (bicyclic) bond motifs is 1. The molecule has 1 fully saturated rings. The average Bonchev–Trinajstić information content (AvgIpc) is 2.84. The first kappa shape index (κ1) is 23.2. The summed E-state index contributed by atoms with van der Waals surface area (Å²) < 4.78 is 18.6. The standard InChI is InChI=1S/C29H32ClFN2O/c30-24-7-5-23(6-8-24)29(14-1-15-29)28-27-20-26(11-4-22(27)13-17-33-28)34-19-18-32-25-9-2-21(3-10-25)12-16-31/h2-11,20,28,32-33H,1,12-19H2. The summed E-state index contributed by atoms with van der Waals surface area (Å²) in [5, 5.41) is 8.01. The van der Waals surface area contributed by atoms with E-state index in [1.165, 1.54) is 36.0 Å². The Morgan fingerprint density at radius 3 is 2.53 bits per heavy atom. The van der Waals surface area contributed by atoms with Gasteiger partial charge in [-0.3, -0.25) is 4.39 Å². The summed E-state index contributed by atoms with van der Waals surface area (Å²) in [6, 6.07) is 23.2. The van der Waals surface area contributed by atoms with Crippen LogP contribution >= 0.6 is 11.6 Å². The monoisotopic (exact) mass is 478 g/mol.